The Hall–Kier alpha value is 0. The molecule has 0 N–H and O–H groups in total. The van der Waals surface area contributed by atoms with E-state index >= 15 is 0 Å². The van der Waals surface area contributed by atoms with Crippen LogP contribution in [0.25, 0.3) is 0 Å². The summed E-state index contributed by atoms with van der Waals surface area (Å²) in [4.78, 5) is 0. The summed E-state index contributed by atoms with van der Waals surface area (Å²) in [7, 11) is 0. The lowest BCUT2D eigenvalue weighted by Gasteiger charge is -2.60. The van der Waals surface area contributed by atoms with Crippen LogP contribution in [0.5, 0.6) is 0 Å². The van der Waals surface area contributed by atoms with Crippen molar-refractivity contribution in [2.24, 2.45) is 22.7 Å². The lowest BCUT2D eigenvalue weighted by molar-refractivity contribution is -0.104. The Morgan fingerprint density at radius 1 is 0.786 bits per heavy atom. The van der Waals surface area contributed by atoms with Crippen LogP contribution in [0.4, 0.5) is 0 Å². The van der Waals surface area contributed by atoms with E-state index in [9.17, 15) is 0 Å². The SMILES string of the molecule is CC(C)C1(C(C)C)CC2(CCCC2)C1. The van der Waals surface area contributed by atoms with Crippen molar-refractivity contribution in [1.29, 1.82) is 0 Å². The highest BCUT2D eigenvalue weighted by molar-refractivity contribution is 5.07. The van der Waals surface area contributed by atoms with E-state index in [0.717, 1.165) is 17.3 Å². The first kappa shape index (κ1) is 10.5. The molecule has 0 aromatic rings. The molecule has 0 heteroatoms. The van der Waals surface area contributed by atoms with E-state index in [1.165, 1.54) is 38.5 Å². The van der Waals surface area contributed by atoms with Crippen LogP contribution in [0.15, 0.2) is 0 Å². The Balaban J connectivity index is 2.06. The lowest BCUT2D eigenvalue weighted by Crippen LogP contribution is -2.51. The first-order valence-electron chi connectivity index (χ1n) is 6.51. The quantitative estimate of drug-likeness (QED) is 0.601. The van der Waals surface area contributed by atoms with Crippen molar-refractivity contribution < 1.29 is 0 Å². The van der Waals surface area contributed by atoms with Gasteiger partial charge in [-0.15, -0.1) is 0 Å². The summed E-state index contributed by atoms with van der Waals surface area (Å²) in [5.74, 6) is 1.77. The molecule has 0 nitrogen and oxygen atoms in total. The van der Waals surface area contributed by atoms with Crippen molar-refractivity contribution in [3.63, 3.8) is 0 Å². The van der Waals surface area contributed by atoms with Gasteiger partial charge in [0, 0.05) is 0 Å². The molecule has 2 saturated carbocycles. The molecule has 1 spiro atoms. The highest BCUT2D eigenvalue weighted by Crippen LogP contribution is 2.67. The molecule has 0 amide bonds. The summed E-state index contributed by atoms with van der Waals surface area (Å²) in [5.41, 5.74) is 1.51. The van der Waals surface area contributed by atoms with E-state index in [1.54, 1.807) is 0 Å². The largest absolute Gasteiger partial charge is 0.0622 e. The van der Waals surface area contributed by atoms with Gasteiger partial charge in [-0.25, -0.2) is 0 Å². The van der Waals surface area contributed by atoms with Crippen molar-refractivity contribution >= 4 is 0 Å². The summed E-state index contributed by atoms with van der Waals surface area (Å²) in [6.45, 7) is 9.73. The first-order chi connectivity index (χ1) is 6.51. The molecule has 0 heterocycles. The Bertz CT molecular complexity index is 188. The minimum Gasteiger partial charge on any atom is -0.0622 e. The van der Waals surface area contributed by atoms with Crippen LogP contribution in [0, 0.1) is 22.7 Å². The monoisotopic (exact) mass is 194 g/mol. The van der Waals surface area contributed by atoms with Gasteiger partial charge < -0.3 is 0 Å². The zero-order chi connectivity index (χ0) is 10.4. The van der Waals surface area contributed by atoms with E-state index in [-0.39, 0.29) is 0 Å². The van der Waals surface area contributed by atoms with Crippen LogP contribution >= 0.6 is 0 Å². The topological polar surface area (TPSA) is 0 Å². The third-order valence-electron chi connectivity index (χ3n) is 5.37. The van der Waals surface area contributed by atoms with Crippen LogP contribution in [-0.4, -0.2) is 0 Å². The second-order valence-electron chi connectivity index (χ2n) is 6.60. The maximum absolute atomic E-state index is 2.43. The third-order valence-corrected chi connectivity index (χ3v) is 5.37. The second kappa shape index (κ2) is 3.25. The maximum atomic E-state index is 2.43. The molecule has 0 aromatic heterocycles. The fourth-order valence-electron chi connectivity index (χ4n) is 4.31. The molecule has 2 fully saturated rings. The fourth-order valence-corrected chi connectivity index (χ4v) is 4.31. The Kier molecular flexibility index (Phi) is 2.44. The molecule has 0 atom stereocenters. The van der Waals surface area contributed by atoms with E-state index < -0.39 is 0 Å². The van der Waals surface area contributed by atoms with Gasteiger partial charge in [-0.2, -0.15) is 0 Å². The van der Waals surface area contributed by atoms with Crippen LogP contribution in [0.3, 0.4) is 0 Å². The van der Waals surface area contributed by atoms with Gasteiger partial charge in [-0.1, -0.05) is 40.5 Å². The maximum Gasteiger partial charge on any atom is -0.0241 e. The highest BCUT2D eigenvalue weighted by atomic mass is 14.6. The normalized spacial score (nSPS) is 28.7. The lowest BCUT2D eigenvalue weighted by atomic mass is 9.45. The summed E-state index contributed by atoms with van der Waals surface area (Å²) in [6, 6.07) is 0. The average molecular weight is 194 g/mol. The number of rotatable bonds is 2. The van der Waals surface area contributed by atoms with E-state index in [2.05, 4.69) is 27.7 Å². The molecule has 0 unspecified atom stereocenters. The van der Waals surface area contributed by atoms with E-state index in [4.69, 9.17) is 0 Å². The fraction of sp³-hybridized carbons (Fsp3) is 1.00. The standard InChI is InChI=1S/C14H26/c1-11(2)14(12(3)4)9-13(10-14)7-5-6-8-13/h11-12H,5-10H2,1-4H3. The van der Waals surface area contributed by atoms with E-state index in [0.29, 0.717) is 5.41 Å². The van der Waals surface area contributed by atoms with Gasteiger partial charge in [0.15, 0.2) is 0 Å². The summed E-state index contributed by atoms with van der Waals surface area (Å²) in [5, 5.41) is 0. The minimum absolute atomic E-state index is 0.699. The molecule has 2 aliphatic carbocycles. The van der Waals surface area contributed by atoms with Crippen LogP contribution in [0.2, 0.25) is 0 Å². The summed E-state index contributed by atoms with van der Waals surface area (Å²) in [6.07, 6.45) is 9.16. The third kappa shape index (κ3) is 1.33. The summed E-state index contributed by atoms with van der Waals surface area (Å²) >= 11 is 0. The Labute approximate surface area is 89.5 Å². The first-order valence-corrected chi connectivity index (χ1v) is 6.51. The number of hydrogen-bond donors (Lipinski definition) is 0. The molecular weight excluding hydrogens is 168 g/mol. The van der Waals surface area contributed by atoms with Gasteiger partial charge in [-0.3, -0.25) is 0 Å². The molecule has 2 rings (SSSR count). The van der Waals surface area contributed by atoms with Crippen molar-refractivity contribution in [3.8, 4) is 0 Å². The molecule has 0 bridgehead atoms. The van der Waals surface area contributed by atoms with E-state index in [1.807, 2.05) is 0 Å². The molecule has 0 aliphatic heterocycles. The van der Waals surface area contributed by atoms with Crippen LogP contribution in [-0.2, 0) is 0 Å². The molecule has 0 saturated heterocycles. The Morgan fingerprint density at radius 3 is 1.57 bits per heavy atom. The highest BCUT2D eigenvalue weighted by Gasteiger charge is 2.57. The molecule has 0 radical (unpaired) electrons. The van der Waals surface area contributed by atoms with Crippen LogP contribution in [0.1, 0.15) is 66.2 Å². The van der Waals surface area contributed by atoms with Gasteiger partial charge in [0.25, 0.3) is 0 Å². The number of hydrogen-bond acceptors (Lipinski definition) is 0. The van der Waals surface area contributed by atoms with Gasteiger partial charge >= 0.3 is 0 Å². The molecule has 0 aromatic carbocycles. The van der Waals surface area contributed by atoms with Crippen molar-refractivity contribution in [3.05, 3.63) is 0 Å². The van der Waals surface area contributed by atoms with Crippen molar-refractivity contribution in [2.75, 3.05) is 0 Å². The molecule has 14 heavy (non-hydrogen) atoms. The predicted molar refractivity (Wildman–Crippen MR) is 62.2 cm³/mol. The van der Waals surface area contributed by atoms with Gasteiger partial charge in [0.1, 0.15) is 0 Å². The zero-order valence-corrected chi connectivity index (χ0v) is 10.4. The molecule has 2 aliphatic rings. The van der Waals surface area contributed by atoms with Crippen molar-refractivity contribution in [1.82, 2.24) is 0 Å². The predicted octanol–water partition coefficient (Wildman–Crippen LogP) is 4.64. The second-order valence-corrected chi connectivity index (χ2v) is 6.60. The van der Waals surface area contributed by atoms with Gasteiger partial charge in [0.2, 0.25) is 0 Å². The van der Waals surface area contributed by atoms with Crippen LogP contribution < -0.4 is 0 Å². The van der Waals surface area contributed by atoms with Crippen molar-refractivity contribution in [2.45, 2.75) is 66.2 Å². The average Bonchev–Trinajstić information content (AvgIpc) is 2.46. The minimum atomic E-state index is 0.699. The smallest absolute Gasteiger partial charge is 0.0241 e. The zero-order valence-electron chi connectivity index (χ0n) is 10.4. The van der Waals surface area contributed by atoms with Gasteiger partial charge in [-0.05, 0) is 48.3 Å². The summed E-state index contributed by atoms with van der Waals surface area (Å²) < 4.78 is 0. The Morgan fingerprint density at radius 2 is 1.21 bits per heavy atom. The van der Waals surface area contributed by atoms with Gasteiger partial charge in [0.05, 0.1) is 0 Å². The molecular formula is C14H26. The molecule has 82 valence electrons.